The minimum atomic E-state index is -0.684. The minimum absolute atomic E-state index is 0.501. The van der Waals surface area contributed by atoms with Crippen molar-refractivity contribution in [1.82, 2.24) is 9.97 Å². The molecule has 6 heteroatoms. The van der Waals surface area contributed by atoms with E-state index in [9.17, 15) is 5.11 Å². The van der Waals surface area contributed by atoms with Crippen molar-refractivity contribution in [2.45, 2.75) is 30.5 Å². The predicted octanol–water partition coefficient (Wildman–Crippen LogP) is 1.46. The Morgan fingerprint density at radius 2 is 2.17 bits per heavy atom. The molecule has 2 rings (SSSR count). The van der Waals surface area contributed by atoms with E-state index in [0.29, 0.717) is 32.6 Å². The fourth-order valence-corrected chi connectivity index (χ4v) is 2.33. The first-order valence-corrected chi connectivity index (χ1v) is 7.27. The number of nitrogens with one attached hydrogen (secondary N) is 1. The Bertz CT molecular complexity index is 408. The van der Waals surface area contributed by atoms with Crippen LogP contribution in [0.15, 0.2) is 11.2 Å². The van der Waals surface area contributed by atoms with E-state index in [1.165, 1.54) is 11.8 Å². The summed E-state index contributed by atoms with van der Waals surface area (Å²) in [5.74, 6) is 0.770. The smallest absolute Gasteiger partial charge is 0.189 e. The lowest BCUT2D eigenvalue weighted by molar-refractivity contribution is -0.0543. The Labute approximate surface area is 111 Å². The zero-order valence-corrected chi connectivity index (χ0v) is 11.6. The van der Waals surface area contributed by atoms with Crippen LogP contribution in [0, 0.1) is 6.92 Å². The molecule has 5 nitrogen and oxygen atoms in total. The summed E-state index contributed by atoms with van der Waals surface area (Å²) in [6.45, 7) is 3.68. The van der Waals surface area contributed by atoms with Crippen LogP contribution >= 0.6 is 11.8 Å². The number of nitrogens with zero attached hydrogens (tertiary/aromatic N) is 2. The van der Waals surface area contributed by atoms with Crippen LogP contribution in [0.5, 0.6) is 0 Å². The number of hydrogen-bond donors (Lipinski definition) is 2. The van der Waals surface area contributed by atoms with Gasteiger partial charge >= 0.3 is 0 Å². The maximum atomic E-state index is 10.3. The van der Waals surface area contributed by atoms with Crippen molar-refractivity contribution < 1.29 is 9.84 Å². The third kappa shape index (κ3) is 3.57. The molecule has 18 heavy (non-hydrogen) atoms. The molecule has 2 heterocycles. The van der Waals surface area contributed by atoms with Gasteiger partial charge in [-0.25, -0.2) is 9.97 Å². The number of aromatic nitrogens is 2. The van der Waals surface area contributed by atoms with Crippen LogP contribution in [0.4, 0.5) is 5.82 Å². The highest BCUT2D eigenvalue weighted by atomic mass is 32.2. The standard InChI is InChI=1S/C12H19N3O2S/c1-9-7-10(15-11(14-9)18-2)13-8-12(16)3-5-17-6-4-12/h7,16H,3-6,8H2,1-2H3,(H,13,14,15). The Morgan fingerprint density at radius 3 is 2.83 bits per heavy atom. The van der Waals surface area contributed by atoms with Crippen molar-refractivity contribution in [2.24, 2.45) is 0 Å². The normalized spacial score (nSPS) is 18.6. The molecule has 0 aliphatic carbocycles. The lowest BCUT2D eigenvalue weighted by atomic mass is 9.94. The van der Waals surface area contributed by atoms with Crippen molar-refractivity contribution in [2.75, 3.05) is 31.3 Å². The molecule has 0 spiro atoms. The van der Waals surface area contributed by atoms with Crippen LogP contribution in [-0.4, -0.2) is 46.7 Å². The number of thioether (sulfide) groups is 1. The molecule has 1 saturated heterocycles. The highest BCUT2D eigenvalue weighted by Crippen LogP contribution is 2.21. The lowest BCUT2D eigenvalue weighted by Crippen LogP contribution is -2.42. The van der Waals surface area contributed by atoms with Gasteiger partial charge in [0.15, 0.2) is 5.16 Å². The Hall–Kier alpha value is -0.850. The maximum Gasteiger partial charge on any atom is 0.189 e. The summed E-state index contributed by atoms with van der Waals surface area (Å²) in [6, 6.07) is 1.89. The molecule has 0 saturated carbocycles. The van der Waals surface area contributed by atoms with Gasteiger partial charge in [0, 0.05) is 44.4 Å². The van der Waals surface area contributed by atoms with E-state index in [1.54, 1.807) is 0 Å². The van der Waals surface area contributed by atoms with E-state index in [4.69, 9.17) is 4.74 Å². The van der Waals surface area contributed by atoms with Crippen LogP contribution < -0.4 is 5.32 Å². The van der Waals surface area contributed by atoms with Crippen LogP contribution in [0.1, 0.15) is 18.5 Å². The van der Waals surface area contributed by atoms with Gasteiger partial charge in [-0.3, -0.25) is 0 Å². The van der Waals surface area contributed by atoms with Crippen molar-refractivity contribution in [3.05, 3.63) is 11.8 Å². The molecule has 2 N–H and O–H groups in total. The second-order valence-corrected chi connectivity index (χ2v) is 5.34. The van der Waals surface area contributed by atoms with Crippen LogP contribution in [0.25, 0.3) is 0 Å². The Kier molecular flexibility index (Phi) is 4.42. The van der Waals surface area contributed by atoms with E-state index in [2.05, 4.69) is 15.3 Å². The second-order valence-electron chi connectivity index (χ2n) is 4.57. The molecule has 0 unspecified atom stereocenters. The molecule has 0 atom stereocenters. The molecule has 0 aromatic carbocycles. The maximum absolute atomic E-state index is 10.3. The average molecular weight is 269 g/mol. The fraction of sp³-hybridized carbons (Fsp3) is 0.667. The molecule has 1 aliphatic rings. The van der Waals surface area contributed by atoms with E-state index >= 15 is 0 Å². The molecule has 0 amide bonds. The van der Waals surface area contributed by atoms with Gasteiger partial charge in [0.25, 0.3) is 0 Å². The van der Waals surface area contributed by atoms with Crippen LogP contribution in [0.2, 0.25) is 0 Å². The first-order chi connectivity index (χ1) is 8.61. The molecule has 1 aromatic heterocycles. The molecule has 1 aromatic rings. The van der Waals surface area contributed by atoms with Crippen molar-refractivity contribution in [3.63, 3.8) is 0 Å². The third-order valence-electron chi connectivity index (χ3n) is 3.04. The summed E-state index contributed by atoms with van der Waals surface area (Å²) < 4.78 is 5.26. The van der Waals surface area contributed by atoms with E-state index in [0.717, 1.165) is 16.7 Å². The number of aliphatic hydroxyl groups is 1. The van der Waals surface area contributed by atoms with Gasteiger partial charge in [-0.05, 0) is 13.2 Å². The third-order valence-corrected chi connectivity index (χ3v) is 3.59. The van der Waals surface area contributed by atoms with Crippen molar-refractivity contribution >= 4 is 17.6 Å². The first kappa shape index (κ1) is 13.6. The Morgan fingerprint density at radius 1 is 1.44 bits per heavy atom. The summed E-state index contributed by atoms with van der Waals surface area (Å²) in [7, 11) is 0. The SMILES string of the molecule is CSc1nc(C)cc(NCC2(O)CCOCC2)n1. The molecule has 100 valence electrons. The van der Waals surface area contributed by atoms with E-state index in [1.807, 2.05) is 19.2 Å². The number of anilines is 1. The summed E-state index contributed by atoms with van der Waals surface area (Å²) in [4.78, 5) is 8.66. The fourth-order valence-electron chi connectivity index (χ4n) is 1.91. The van der Waals surface area contributed by atoms with Crippen molar-refractivity contribution in [3.8, 4) is 0 Å². The van der Waals surface area contributed by atoms with Gasteiger partial charge in [0.05, 0.1) is 5.60 Å². The second kappa shape index (κ2) is 5.86. The molecular formula is C12H19N3O2S. The van der Waals surface area contributed by atoms with Crippen LogP contribution in [-0.2, 0) is 4.74 Å². The quantitative estimate of drug-likeness (QED) is 0.637. The Balaban J connectivity index is 1.98. The van der Waals surface area contributed by atoms with Gasteiger partial charge in [-0.15, -0.1) is 0 Å². The zero-order chi connectivity index (χ0) is 13.0. The largest absolute Gasteiger partial charge is 0.388 e. The minimum Gasteiger partial charge on any atom is -0.388 e. The number of rotatable bonds is 4. The van der Waals surface area contributed by atoms with Gasteiger partial charge in [-0.2, -0.15) is 0 Å². The first-order valence-electron chi connectivity index (χ1n) is 6.05. The van der Waals surface area contributed by atoms with Crippen LogP contribution in [0.3, 0.4) is 0 Å². The highest BCUT2D eigenvalue weighted by Gasteiger charge is 2.29. The van der Waals surface area contributed by atoms with Crippen molar-refractivity contribution in [1.29, 1.82) is 0 Å². The molecular weight excluding hydrogens is 250 g/mol. The lowest BCUT2D eigenvalue weighted by Gasteiger charge is -2.32. The molecule has 0 bridgehead atoms. The number of aryl methyl sites for hydroxylation is 1. The van der Waals surface area contributed by atoms with Gasteiger partial charge in [0.2, 0.25) is 0 Å². The summed E-state index contributed by atoms with van der Waals surface area (Å²) >= 11 is 1.51. The topological polar surface area (TPSA) is 67.3 Å². The highest BCUT2D eigenvalue weighted by molar-refractivity contribution is 7.98. The van der Waals surface area contributed by atoms with Gasteiger partial charge in [0.1, 0.15) is 5.82 Å². The number of ether oxygens (including phenoxy) is 1. The zero-order valence-electron chi connectivity index (χ0n) is 10.8. The number of hydrogen-bond acceptors (Lipinski definition) is 6. The molecule has 1 aliphatic heterocycles. The van der Waals surface area contributed by atoms with E-state index in [-0.39, 0.29) is 0 Å². The van der Waals surface area contributed by atoms with Gasteiger partial charge in [-0.1, -0.05) is 11.8 Å². The predicted molar refractivity (Wildman–Crippen MR) is 72.0 cm³/mol. The van der Waals surface area contributed by atoms with Gasteiger partial charge < -0.3 is 15.2 Å². The molecule has 0 radical (unpaired) electrons. The molecule has 1 fully saturated rings. The average Bonchev–Trinajstić information content (AvgIpc) is 2.37. The summed E-state index contributed by atoms with van der Waals surface area (Å²) in [6.07, 6.45) is 3.28. The summed E-state index contributed by atoms with van der Waals surface area (Å²) in [5, 5.41) is 14.3. The monoisotopic (exact) mass is 269 g/mol. The summed E-state index contributed by atoms with van der Waals surface area (Å²) in [5.41, 5.74) is 0.243. The van der Waals surface area contributed by atoms with E-state index < -0.39 is 5.60 Å².